The molecule has 0 aliphatic carbocycles. The van der Waals surface area contributed by atoms with Gasteiger partial charge >= 0.3 is 0 Å². The highest BCUT2D eigenvalue weighted by Gasteiger charge is 2.16. The van der Waals surface area contributed by atoms with Gasteiger partial charge in [0.25, 0.3) is 0 Å². The van der Waals surface area contributed by atoms with Crippen molar-refractivity contribution in [3.8, 4) is 0 Å². The summed E-state index contributed by atoms with van der Waals surface area (Å²) in [4.78, 5) is 0. The highest BCUT2D eigenvalue weighted by molar-refractivity contribution is 5.77. The molecule has 3 rings (SSSR count). The van der Waals surface area contributed by atoms with Gasteiger partial charge in [-0.25, -0.2) is 8.78 Å². The average molecular weight is 287 g/mol. The lowest BCUT2D eigenvalue weighted by molar-refractivity contribution is 0.449. The Kier molecular flexibility index (Phi) is 3.71. The molecule has 0 spiro atoms. The van der Waals surface area contributed by atoms with Gasteiger partial charge < -0.3 is 9.73 Å². The number of likely N-dealkylation sites (N-methyl/N-ethyl adjacent to an activating group) is 1. The van der Waals surface area contributed by atoms with Crippen molar-refractivity contribution in [2.45, 2.75) is 12.5 Å². The normalized spacial score (nSPS) is 12.7. The first-order valence-electron chi connectivity index (χ1n) is 6.77. The predicted molar refractivity (Wildman–Crippen MR) is 78.1 cm³/mol. The molecule has 1 unspecified atom stereocenters. The lowest BCUT2D eigenvalue weighted by Gasteiger charge is -2.13. The van der Waals surface area contributed by atoms with Crippen LogP contribution in [-0.2, 0) is 6.42 Å². The molecule has 21 heavy (non-hydrogen) atoms. The number of nitrogens with one attached hydrogen (secondary N) is 1. The molecule has 1 heterocycles. The van der Waals surface area contributed by atoms with E-state index in [1.807, 2.05) is 37.4 Å². The zero-order chi connectivity index (χ0) is 14.8. The van der Waals surface area contributed by atoms with Crippen LogP contribution in [0.3, 0.4) is 0 Å². The largest absolute Gasteiger partial charge is 0.459 e. The van der Waals surface area contributed by atoms with Crippen molar-refractivity contribution >= 4 is 11.0 Å². The van der Waals surface area contributed by atoms with Crippen LogP contribution < -0.4 is 5.32 Å². The molecule has 0 aliphatic rings. The smallest absolute Gasteiger partial charge is 0.159 e. The Morgan fingerprint density at radius 2 is 1.86 bits per heavy atom. The summed E-state index contributed by atoms with van der Waals surface area (Å²) >= 11 is 0. The molecule has 4 heteroatoms. The van der Waals surface area contributed by atoms with Crippen LogP contribution in [0, 0.1) is 11.6 Å². The van der Waals surface area contributed by atoms with Crippen LogP contribution in [0.5, 0.6) is 0 Å². The number of hydrogen-bond acceptors (Lipinski definition) is 2. The van der Waals surface area contributed by atoms with Gasteiger partial charge in [0, 0.05) is 5.39 Å². The predicted octanol–water partition coefficient (Wildman–Crippen LogP) is 4.21. The van der Waals surface area contributed by atoms with Crippen molar-refractivity contribution in [1.82, 2.24) is 5.32 Å². The minimum absolute atomic E-state index is 0.0951. The number of furan rings is 1. The summed E-state index contributed by atoms with van der Waals surface area (Å²) in [5.41, 5.74) is 1.53. The van der Waals surface area contributed by atoms with E-state index in [1.165, 1.54) is 6.07 Å². The van der Waals surface area contributed by atoms with Gasteiger partial charge in [0.15, 0.2) is 11.6 Å². The van der Waals surface area contributed by atoms with E-state index in [9.17, 15) is 8.78 Å². The van der Waals surface area contributed by atoms with Crippen LogP contribution in [0.1, 0.15) is 17.4 Å². The molecular weight excluding hydrogens is 272 g/mol. The lowest BCUT2D eigenvalue weighted by atomic mass is 10.0. The first-order valence-corrected chi connectivity index (χ1v) is 6.77. The van der Waals surface area contributed by atoms with Gasteiger partial charge in [-0.2, -0.15) is 0 Å². The van der Waals surface area contributed by atoms with E-state index in [-0.39, 0.29) is 6.04 Å². The molecular formula is C17H15F2NO. The second kappa shape index (κ2) is 5.66. The van der Waals surface area contributed by atoms with Crippen molar-refractivity contribution in [2.75, 3.05) is 7.05 Å². The second-order valence-corrected chi connectivity index (χ2v) is 4.98. The summed E-state index contributed by atoms with van der Waals surface area (Å²) in [5.74, 6) is -0.876. The van der Waals surface area contributed by atoms with Crippen molar-refractivity contribution < 1.29 is 13.2 Å². The zero-order valence-electron chi connectivity index (χ0n) is 11.6. The Morgan fingerprint density at radius 3 is 2.57 bits per heavy atom. The van der Waals surface area contributed by atoms with Crippen molar-refractivity contribution in [1.29, 1.82) is 0 Å². The van der Waals surface area contributed by atoms with Gasteiger partial charge in [-0.3, -0.25) is 0 Å². The number of para-hydroxylation sites is 1. The Bertz CT molecular complexity index is 733. The summed E-state index contributed by atoms with van der Waals surface area (Å²) in [7, 11) is 1.82. The maximum Gasteiger partial charge on any atom is 0.159 e. The molecule has 0 aliphatic heterocycles. The van der Waals surface area contributed by atoms with Crippen molar-refractivity contribution in [3.05, 3.63) is 71.5 Å². The fraction of sp³-hybridized carbons (Fsp3) is 0.176. The zero-order valence-corrected chi connectivity index (χ0v) is 11.6. The molecule has 108 valence electrons. The van der Waals surface area contributed by atoms with Gasteiger partial charge in [-0.05, 0) is 43.3 Å². The summed E-state index contributed by atoms with van der Waals surface area (Å²) in [6.07, 6.45) is 0.521. The van der Waals surface area contributed by atoms with E-state index < -0.39 is 11.6 Å². The van der Waals surface area contributed by atoms with Crippen LogP contribution in [0.4, 0.5) is 8.78 Å². The summed E-state index contributed by atoms with van der Waals surface area (Å²) in [5, 5.41) is 4.18. The van der Waals surface area contributed by atoms with Crippen LogP contribution in [0.25, 0.3) is 11.0 Å². The SMILES string of the molecule is CNC(Cc1ccc(F)c(F)c1)c1cc2ccccc2o1. The quantitative estimate of drug-likeness (QED) is 0.777. The summed E-state index contributed by atoms with van der Waals surface area (Å²) < 4.78 is 32.1. The maximum absolute atomic E-state index is 13.3. The Labute approximate surface area is 121 Å². The molecule has 0 saturated carbocycles. The minimum atomic E-state index is -0.830. The number of benzene rings is 2. The monoisotopic (exact) mass is 287 g/mol. The average Bonchev–Trinajstić information content (AvgIpc) is 2.92. The topological polar surface area (TPSA) is 25.2 Å². The molecule has 0 bridgehead atoms. The third kappa shape index (κ3) is 2.81. The van der Waals surface area contributed by atoms with Crippen LogP contribution in [0.15, 0.2) is 52.9 Å². The Hall–Kier alpha value is -2.20. The van der Waals surface area contributed by atoms with E-state index in [0.717, 1.165) is 22.8 Å². The van der Waals surface area contributed by atoms with E-state index in [2.05, 4.69) is 5.32 Å². The molecule has 1 N–H and O–H groups in total. The van der Waals surface area contributed by atoms with E-state index in [4.69, 9.17) is 4.42 Å². The Morgan fingerprint density at radius 1 is 1.05 bits per heavy atom. The third-order valence-corrected chi connectivity index (χ3v) is 3.56. The second-order valence-electron chi connectivity index (χ2n) is 4.98. The van der Waals surface area contributed by atoms with Crippen LogP contribution in [0.2, 0.25) is 0 Å². The van der Waals surface area contributed by atoms with E-state index in [1.54, 1.807) is 6.07 Å². The Balaban J connectivity index is 1.88. The molecule has 0 radical (unpaired) electrons. The molecule has 0 saturated heterocycles. The first kappa shape index (κ1) is 13.8. The first-order chi connectivity index (χ1) is 10.2. The van der Waals surface area contributed by atoms with Crippen LogP contribution >= 0.6 is 0 Å². The molecule has 2 nitrogen and oxygen atoms in total. The van der Waals surface area contributed by atoms with E-state index in [0.29, 0.717) is 12.0 Å². The fourth-order valence-corrected chi connectivity index (χ4v) is 2.42. The number of hydrogen-bond donors (Lipinski definition) is 1. The minimum Gasteiger partial charge on any atom is -0.459 e. The number of halogens is 2. The highest BCUT2D eigenvalue weighted by Crippen LogP contribution is 2.26. The molecule has 1 atom stereocenters. The van der Waals surface area contributed by atoms with Crippen molar-refractivity contribution in [3.63, 3.8) is 0 Å². The highest BCUT2D eigenvalue weighted by atomic mass is 19.2. The van der Waals surface area contributed by atoms with Gasteiger partial charge in [0.05, 0.1) is 6.04 Å². The van der Waals surface area contributed by atoms with Crippen LogP contribution in [-0.4, -0.2) is 7.05 Å². The third-order valence-electron chi connectivity index (χ3n) is 3.56. The van der Waals surface area contributed by atoms with Crippen molar-refractivity contribution in [2.24, 2.45) is 0 Å². The maximum atomic E-state index is 13.3. The molecule has 0 fully saturated rings. The molecule has 0 amide bonds. The molecule has 1 aromatic heterocycles. The standard InChI is InChI=1S/C17H15F2NO/c1-20-15(9-11-6-7-13(18)14(19)8-11)17-10-12-4-2-3-5-16(12)21-17/h2-8,10,15,20H,9H2,1H3. The van der Waals surface area contributed by atoms with Gasteiger partial charge in [-0.1, -0.05) is 24.3 Å². The molecule has 2 aromatic carbocycles. The van der Waals surface area contributed by atoms with E-state index >= 15 is 0 Å². The number of fused-ring (bicyclic) bond motifs is 1. The number of rotatable bonds is 4. The van der Waals surface area contributed by atoms with Gasteiger partial charge in [0.2, 0.25) is 0 Å². The summed E-state index contributed by atoms with van der Waals surface area (Å²) in [6.45, 7) is 0. The van der Waals surface area contributed by atoms with Gasteiger partial charge in [-0.15, -0.1) is 0 Å². The van der Waals surface area contributed by atoms with Gasteiger partial charge in [0.1, 0.15) is 11.3 Å². The molecule has 3 aromatic rings. The fourth-order valence-electron chi connectivity index (χ4n) is 2.42. The summed E-state index contributed by atoms with van der Waals surface area (Å²) in [6, 6.07) is 13.6. The lowest BCUT2D eigenvalue weighted by Crippen LogP contribution is -2.18.